The van der Waals surface area contributed by atoms with Gasteiger partial charge >= 0.3 is 0 Å². The minimum Gasteiger partial charge on any atom is -0.484 e. The molecule has 2 amide bonds. The SMILES string of the molecule is NC(=O)COc1cccc(NC(=O)c2nc(Cl)ccc2Cl)c1. The molecule has 0 spiro atoms. The van der Waals surface area contributed by atoms with E-state index in [1.54, 1.807) is 24.3 Å². The highest BCUT2D eigenvalue weighted by Crippen LogP contribution is 2.21. The Morgan fingerprint density at radius 3 is 2.73 bits per heavy atom. The van der Waals surface area contributed by atoms with Crippen molar-refractivity contribution in [3.8, 4) is 5.75 Å². The molecule has 8 heteroatoms. The van der Waals surface area contributed by atoms with Crippen molar-refractivity contribution in [1.29, 1.82) is 0 Å². The molecule has 0 saturated carbocycles. The predicted molar refractivity (Wildman–Crippen MR) is 83.3 cm³/mol. The van der Waals surface area contributed by atoms with E-state index in [1.807, 2.05) is 0 Å². The van der Waals surface area contributed by atoms with Gasteiger partial charge in [0.25, 0.3) is 11.8 Å². The largest absolute Gasteiger partial charge is 0.484 e. The summed E-state index contributed by atoms with van der Waals surface area (Å²) in [4.78, 5) is 26.7. The zero-order chi connectivity index (χ0) is 16.1. The molecule has 3 N–H and O–H groups in total. The number of pyridine rings is 1. The van der Waals surface area contributed by atoms with Gasteiger partial charge in [-0.05, 0) is 24.3 Å². The van der Waals surface area contributed by atoms with Crippen molar-refractivity contribution in [2.75, 3.05) is 11.9 Å². The van der Waals surface area contributed by atoms with E-state index in [0.717, 1.165) is 0 Å². The van der Waals surface area contributed by atoms with Gasteiger partial charge in [-0.15, -0.1) is 0 Å². The first kappa shape index (κ1) is 16.1. The number of anilines is 1. The smallest absolute Gasteiger partial charge is 0.275 e. The number of amides is 2. The van der Waals surface area contributed by atoms with Gasteiger partial charge in [0.05, 0.1) is 5.02 Å². The summed E-state index contributed by atoms with van der Waals surface area (Å²) >= 11 is 11.7. The molecule has 1 aromatic heterocycles. The molecule has 2 rings (SSSR count). The van der Waals surface area contributed by atoms with Gasteiger partial charge in [-0.2, -0.15) is 0 Å². The summed E-state index contributed by atoms with van der Waals surface area (Å²) < 4.78 is 5.15. The van der Waals surface area contributed by atoms with E-state index < -0.39 is 11.8 Å². The second-order valence-electron chi connectivity index (χ2n) is 4.20. The molecular formula is C14H11Cl2N3O3. The van der Waals surface area contributed by atoms with Crippen LogP contribution in [0.25, 0.3) is 0 Å². The van der Waals surface area contributed by atoms with Gasteiger partial charge in [-0.25, -0.2) is 4.98 Å². The van der Waals surface area contributed by atoms with Gasteiger partial charge in [0.2, 0.25) is 0 Å². The first-order chi connectivity index (χ1) is 10.5. The molecule has 1 heterocycles. The Balaban J connectivity index is 2.13. The van der Waals surface area contributed by atoms with Gasteiger partial charge in [0, 0.05) is 11.8 Å². The third-order valence-electron chi connectivity index (χ3n) is 2.50. The molecule has 0 radical (unpaired) electrons. The van der Waals surface area contributed by atoms with Gasteiger partial charge in [0.15, 0.2) is 6.61 Å². The van der Waals surface area contributed by atoms with E-state index in [1.165, 1.54) is 12.1 Å². The molecule has 2 aromatic rings. The highest BCUT2D eigenvalue weighted by molar-refractivity contribution is 6.35. The van der Waals surface area contributed by atoms with Crippen LogP contribution in [0, 0.1) is 0 Å². The van der Waals surface area contributed by atoms with Crippen LogP contribution in [0.5, 0.6) is 5.75 Å². The zero-order valence-corrected chi connectivity index (χ0v) is 12.7. The van der Waals surface area contributed by atoms with Crippen molar-refractivity contribution in [2.24, 2.45) is 5.73 Å². The van der Waals surface area contributed by atoms with E-state index in [9.17, 15) is 9.59 Å². The lowest BCUT2D eigenvalue weighted by atomic mass is 10.2. The van der Waals surface area contributed by atoms with Crippen molar-refractivity contribution in [3.63, 3.8) is 0 Å². The van der Waals surface area contributed by atoms with Crippen LogP contribution in [0.15, 0.2) is 36.4 Å². The van der Waals surface area contributed by atoms with E-state index in [4.69, 9.17) is 33.7 Å². The van der Waals surface area contributed by atoms with Crippen molar-refractivity contribution in [1.82, 2.24) is 4.98 Å². The fourth-order valence-corrected chi connectivity index (χ4v) is 1.92. The van der Waals surface area contributed by atoms with Crippen LogP contribution in [0.2, 0.25) is 10.2 Å². The highest BCUT2D eigenvalue weighted by atomic mass is 35.5. The second kappa shape index (κ2) is 7.11. The summed E-state index contributed by atoms with van der Waals surface area (Å²) in [5.41, 5.74) is 5.46. The van der Waals surface area contributed by atoms with E-state index >= 15 is 0 Å². The Morgan fingerprint density at radius 2 is 2.00 bits per heavy atom. The van der Waals surface area contributed by atoms with Gasteiger partial charge in [0.1, 0.15) is 16.6 Å². The average Bonchev–Trinajstić information content (AvgIpc) is 2.48. The maximum absolute atomic E-state index is 12.1. The summed E-state index contributed by atoms with van der Waals surface area (Å²) in [7, 11) is 0. The first-order valence-corrected chi connectivity index (χ1v) is 6.86. The zero-order valence-electron chi connectivity index (χ0n) is 11.2. The molecule has 0 unspecified atom stereocenters. The number of halogens is 2. The fraction of sp³-hybridized carbons (Fsp3) is 0.0714. The third kappa shape index (κ3) is 4.34. The number of carbonyl (C=O) groups excluding carboxylic acids is 2. The standard InChI is InChI=1S/C14H11Cl2N3O3/c15-10-4-5-11(16)19-13(10)14(21)18-8-2-1-3-9(6-8)22-7-12(17)20/h1-6H,7H2,(H2,17,20)(H,18,21). The van der Waals surface area contributed by atoms with Crippen molar-refractivity contribution in [3.05, 3.63) is 52.3 Å². The van der Waals surface area contributed by atoms with Crippen molar-refractivity contribution in [2.45, 2.75) is 0 Å². The summed E-state index contributed by atoms with van der Waals surface area (Å²) in [5.74, 6) is -0.717. The minimum absolute atomic E-state index is 0.0117. The van der Waals surface area contributed by atoms with Crippen LogP contribution in [0.1, 0.15) is 10.5 Å². The van der Waals surface area contributed by atoms with Gasteiger partial charge < -0.3 is 15.8 Å². The Bertz CT molecular complexity index is 722. The molecule has 0 fully saturated rings. The fourth-order valence-electron chi connectivity index (χ4n) is 1.59. The van der Waals surface area contributed by atoms with Crippen LogP contribution in [-0.4, -0.2) is 23.4 Å². The number of rotatable bonds is 5. The van der Waals surface area contributed by atoms with Crippen LogP contribution in [-0.2, 0) is 4.79 Å². The number of primary amides is 1. The van der Waals surface area contributed by atoms with Crippen molar-refractivity contribution < 1.29 is 14.3 Å². The topological polar surface area (TPSA) is 94.3 Å². The van der Waals surface area contributed by atoms with Crippen molar-refractivity contribution >= 4 is 40.7 Å². The molecule has 22 heavy (non-hydrogen) atoms. The summed E-state index contributed by atoms with van der Waals surface area (Å²) in [6.45, 7) is -0.251. The summed E-state index contributed by atoms with van der Waals surface area (Å²) in [6.07, 6.45) is 0. The van der Waals surface area contributed by atoms with Gasteiger partial charge in [-0.1, -0.05) is 29.3 Å². The maximum atomic E-state index is 12.1. The Labute approximate surface area is 136 Å². The normalized spacial score (nSPS) is 10.1. The number of carbonyl (C=O) groups is 2. The summed E-state index contributed by atoms with van der Waals surface area (Å²) in [6, 6.07) is 9.44. The van der Waals surface area contributed by atoms with E-state index in [-0.39, 0.29) is 22.5 Å². The van der Waals surface area contributed by atoms with Gasteiger partial charge in [-0.3, -0.25) is 9.59 Å². The van der Waals surface area contributed by atoms with Crippen LogP contribution in [0.4, 0.5) is 5.69 Å². The molecule has 0 atom stereocenters. The lowest BCUT2D eigenvalue weighted by Crippen LogP contribution is -2.20. The number of aromatic nitrogens is 1. The molecule has 114 valence electrons. The minimum atomic E-state index is -0.593. The Morgan fingerprint density at radius 1 is 1.23 bits per heavy atom. The molecule has 0 aliphatic rings. The second-order valence-corrected chi connectivity index (χ2v) is 5.00. The molecule has 1 aromatic carbocycles. The van der Waals surface area contributed by atoms with E-state index in [2.05, 4.69) is 10.3 Å². The molecule has 0 aliphatic heterocycles. The number of hydrogen-bond donors (Lipinski definition) is 2. The highest BCUT2D eigenvalue weighted by Gasteiger charge is 2.13. The van der Waals surface area contributed by atoms with Crippen LogP contribution >= 0.6 is 23.2 Å². The van der Waals surface area contributed by atoms with E-state index in [0.29, 0.717) is 11.4 Å². The molecule has 0 bridgehead atoms. The molecule has 0 aliphatic carbocycles. The monoisotopic (exact) mass is 339 g/mol. The predicted octanol–water partition coefficient (Wildman–Crippen LogP) is 2.50. The summed E-state index contributed by atoms with van der Waals surface area (Å²) in [5, 5.41) is 2.96. The number of nitrogens with zero attached hydrogens (tertiary/aromatic N) is 1. The Hall–Kier alpha value is -2.31. The van der Waals surface area contributed by atoms with Crippen LogP contribution in [0.3, 0.4) is 0 Å². The number of ether oxygens (including phenoxy) is 1. The molecular weight excluding hydrogens is 329 g/mol. The lowest BCUT2D eigenvalue weighted by Gasteiger charge is -2.08. The number of benzene rings is 1. The lowest BCUT2D eigenvalue weighted by molar-refractivity contribution is -0.119. The van der Waals surface area contributed by atoms with Crippen LogP contribution < -0.4 is 15.8 Å². The number of hydrogen-bond acceptors (Lipinski definition) is 4. The number of nitrogens with one attached hydrogen (secondary N) is 1. The molecule has 6 nitrogen and oxygen atoms in total. The molecule has 0 saturated heterocycles. The average molecular weight is 340 g/mol. The first-order valence-electron chi connectivity index (χ1n) is 6.10. The number of nitrogens with two attached hydrogens (primary N) is 1. The Kier molecular flexibility index (Phi) is 5.19. The maximum Gasteiger partial charge on any atom is 0.275 e. The quantitative estimate of drug-likeness (QED) is 0.818. The third-order valence-corrected chi connectivity index (χ3v) is 3.02.